The van der Waals surface area contributed by atoms with E-state index >= 15 is 0 Å². The summed E-state index contributed by atoms with van der Waals surface area (Å²) < 4.78 is 4.92. The minimum absolute atomic E-state index is 0.146. The number of aryl methyl sites for hydroxylation is 1. The third kappa shape index (κ3) is 3.85. The summed E-state index contributed by atoms with van der Waals surface area (Å²) in [4.78, 5) is 22.7. The van der Waals surface area contributed by atoms with Crippen LogP contribution in [0.2, 0.25) is 0 Å². The van der Waals surface area contributed by atoms with Crippen molar-refractivity contribution in [1.29, 1.82) is 0 Å². The number of methoxy groups -OCH3 is 1. The van der Waals surface area contributed by atoms with E-state index in [0.29, 0.717) is 11.4 Å². The van der Waals surface area contributed by atoms with E-state index in [2.05, 4.69) is 10.6 Å². The lowest BCUT2D eigenvalue weighted by atomic mass is 10.1. The van der Waals surface area contributed by atoms with Crippen LogP contribution in [0, 0.1) is 6.92 Å². The van der Waals surface area contributed by atoms with Crippen molar-refractivity contribution < 1.29 is 14.3 Å². The van der Waals surface area contributed by atoms with Crippen molar-refractivity contribution in [2.24, 2.45) is 0 Å². The van der Waals surface area contributed by atoms with Crippen LogP contribution in [0.25, 0.3) is 0 Å². The number of hydrogen-bond donors (Lipinski definition) is 2. The van der Waals surface area contributed by atoms with Crippen LogP contribution >= 0.6 is 0 Å². The lowest BCUT2D eigenvalue weighted by Crippen LogP contribution is -2.26. The molecule has 2 amide bonds. The van der Waals surface area contributed by atoms with Gasteiger partial charge in [0.15, 0.2) is 0 Å². The Balaban J connectivity index is 2.85. The summed E-state index contributed by atoms with van der Waals surface area (Å²) in [6, 6.07) is 5.33. The third-order valence-electron chi connectivity index (χ3n) is 2.54. The standard InChI is InChI=1S/C13H18N2O3/c1-8-5-6-11(7-12(8)14-10(3)16)15-13(17)9(2)18-4/h5-7,9H,1-4H3,(H,14,16)(H,15,17). The highest BCUT2D eigenvalue weighted by atomic mass is 16.5. The highest BCUT2D eigenvalue weighted by Gasteiger charge is 2.12. The second-order valence-corrected chi connectivity index (χ2v) is 4.08. The van der Waals surface area contributed by atoms with E-state index in [0.717, 1.165) is 5.56 Å². The molecule has 1 atom stereocenters. The Kier molecular flexibility index (Phi) is 4.85. The minimum atomic E-state index is -0.518. The number of rotatable bonds is 4. The van der Waals surface area contributed by atoms with Gasteiger partial charge in [-0.3, -0.25) is 9.59 Å². The first-order valence-electron chi connectivity index (χ1n) is 5.66. The van der Waals surface area contributed by atoms with E-state index in [4.69, 9.17) is 4.74 Å². The van der Waals surface area contributed by atoms with E-state index in [9.17, 15) is 9.59 Å². The molecule has 0 aliphatic heterocycles. The summed E-state index contributed by atoms with van der Waals surface area (Å²) >= 11 is 0. The largest absolute Gasteiger partial charge is 0.372 e. The lowest BCUT2D eigenvalue weighted by molar-refractivity contribution is -0.124. The maximum Gasteiger partial charge on any atom is 0.253 e. The summed E-state index contributed by atoms with van der Waals surface area (Å²) in [6.07, 6.45) is -0.518. The Hall–Kier alpha value is -1.88. The normalized spacial score (nSPS) is 11.8. The molecule has 98 valence electrons. The van der Waals surface area contributed by atoms with Gasteiger partial charge in [0.1, 0.15) is 6.10 Å². The van der Waals surface area contributed by atoms with E-state index in [1.165, 1.54) is 14.0 Å². The fraction of sp³-hybridized carbons (Fsp3) is 0.385. The molecule has 5 nitrogen and oxygen atoms in total. The average molecular weight is 250 g/mol. The van der Waals surface area contributed by atoms with Crippen LogP contribution in [0.5, 0.6) is 0 Å². The first-order valence-corrected chi connectivity index (χ1v) is 5.66. The van der Waals surface area contributed by atoms with Gasteiger partial charge in [-0.05, 0) is 31.5 Å². The Morgan fingerprint density at radius 3 is 2.50 bits per heavy atom. The number of amides is 2. The SMILES string of the molecule is COC(C)C(=O)Nc1ccc(C)c(NC(C)=O)c1. The van der Waals surface area contributed by atoms with Crippen molar-refractivity contribution >= 4 is 23.2 Å². The zero-order chi connectivity index (χ0) is 13.7. The van der Waals surface area contributed by atoms with Crippen molar-refractivity contribution in [1.82, 2.24) is 0 Å². The number of anilines is 2. The first kappa shape index (κ1) is 14.2. The van der Waals surface area contributed by atoms with Gasteiger partial charge in [0.2, 0.25) is 5.91 Å². The molecule has 0 saturated carbocycles. The molecule has 0 heterocycles. The van der Waals surface area contributed by atoms with Gasteiger partial charge in [-0.15, -0.1) is 0 Å². The Morgan fingerprint density at radius 2 is 1.94 bits per heavy atom. The molecule has 1 rings (SSSR count). The maximum atomic E-state index is 11.6. The van der Waals surface area contributed by atoms with Gasteiger partial charge in [0.25, 0.3) is 5.91 Å². The molecular weight excluding hydrogens is 232 g/mol. The van der Waals surface area contributed by atoms with Crippen molar-refractivity contribution in [2.75, 3.05) is 17.7 Å². The Labute approximate surface area is 107 Å². The van der Waals surface area contributed by atoms with Gasteiger partial charge in [-0.25, -0.2) is 0 Å². The lowest BCUT2D eigenvalue weighted by Gasteiger charge is -2.13. The number of nitrogens with one attached hydrogen (secondary N) is 2. The van der Waals surface area contributed by atoms with Crippen molar-refractivity contribution in [2.45, 2.75) is 26.9 Å². The number of ether oxygens (including phenoxy) is 1. The number of hydrogen-bond acceptors (Lipinski definition) is 3. The van der Waals surface area contributed by atoms with Gasteiger partial charge in [-0.1, -0.05) is 6.07 Å². The quantitative estimate of drug-likeness (QED) is 0.858. The molecule has 1 aromatic rings. The second-order valence-electron chi connectivity index (χ2n) is 4.08. The zero-order valence-electron chi connectivity index (χ0n) is 11.0. The summed E-state index contributed by atoms with van der Waals surface area (Å²) in [6.45, 7) is 4.99. The van der Waals surface area contributed by atoms with Gasteiger partial charge in [0.05, 0.1) is 0 Å². The van der Waals surface area contributed by atoms with Crippen LogP contribution in [0.4, 0.5) is 11.4 Å². The van der Waals surface area contributed by atoms with Crippen molar-refractivity contribution in [3.8, 4) is 0 Å². The van der Waals surface area contributed by atoms with Crippen LogP contribution in [-0.2, 0) is 14.3 Å². The van der Waals surface area contributed by atoms with E-state index < -0.39 is 6.10 Å². The van der Waals surface area contributed by atoms with Crippen LogP contribution in [0.3, 0.4) is 0 Å². The minimum Gasteiger partial charge on any atom is -0.372 e. The van der Waals surface area contributed by atoms with Gasteiger partial charge < -0.3 is 15.4 Å². The average Bonchev–Trinajstić information content (AvgIpc) is 2.31. The highest BCUT2D eigenvalue weighted by molar-refractivity contribution is 5.95. The van der Waals surface area contributed by atoms with Crippen molar-refractivity contribution in [3.63, 3.8) is 0 Å². The predicted octanol–water partition coefficient (Wildman–Crippen LogP) is 1.93. The highest BCUT2D eigenvalue weighted by Crippen LogP contribution is 2.20. The van der Waals surface area contributed by atoms with Gasteiger partial charge in [0, 0.05) is 25.4 Å². The molecule has 0 spiro atoms. The summed E-state index contributed by atoms with van der Waals surface area (Å²) in [5, 5.41) is 5.43. The Bertz CT molecular complexity index is 458. The molecule has 0 bridgehead atoms. The second kappa shape index (κ2) is 6.16. The van der Waals surface area contributed by atoms with Crippen LogP contribution in [0.15, 0.2) is 18.2 Å². The molecule has 0 fully saturated rings. The summed E-state index contributed by atoms with van der Waals surface area (Å²) in [5.41, 5.74) is 2.24. The Morgan fingerprint density at radius 1 is 1.28 bits per heavy atom. The molecular formula is C13H18N2O3. The smallest absolute Gasteiger partial charge is 0.253 e. The number of carbonyl (C=O) groups is 2. The van der Waals surface area contributed by atoms with Crippen molar-refractivity contribution in [3.05, 3.63) is 23.8 Å². The molecule has 5 heteroatoms. The zero-order valence-corrected chi connectivity index (χ0v) is 11.0. The van der Waals surface area contributed by atoms with Crippen LogP contribution in [-0.4, -0.2) is 25.0 Å². The molecule has 1 aromatic carbocycles. The molecule has 1 unspecified atom stereocenters. The number of carbonyl (C=O) groups excluding carboxylic acids is 2. The third-order valence-corrected chi connectivity index (χ3v) is 2.54. The van der Waals surface area contributed by atoms with Gasteiger partial charge in [-0.2, -0.15) is 0 Å². The first-order chi connectivity index (χ1) is 8.43. The fourth-order valence-electron chi connectivity index (χ4n) is 1.38. The molecule has 0 aliphatic rings. The maximum absolute atomic E-state index is 11.6. The number of benzene rings is 1. The topological polar surface area (TPSA) is 67.4 Å². The molecule has 0 aromatic heterocycles. The summed E-state index contributed by atoms with van der Waals surface area (Å²) in [5.74, 6) is -0.373. The van der Waals surface area contributed by atoms with Crippen LogP contribution < -0.4 is 10.6 Å². The molecule has 0 saturated heterocycles. The monoisotopic (exact) mass is 250 g/mol. The van der Waals surface area contributed by atoms with Gasteiger partial charge >= 0.3 is 0 Å². The van der Waals surface area contributed by atoms with Crippen LogP contribution in [0.1, 0.15) is 19.4 Å². The predicted molar refractivity (Wildman–Crippen MR) is 70.6 cm³/mol. The van der Waals surface area contributed by atoms with E-state index in [-0.39, 0.29) is 11.8 Å². The molecule has 18 heavy (non-hydrogen) atoms. The van der Waals surface area contributed by atoms with E-state index in [1.807, 2.05) is 13.0 Å². The fourth-order valence-corrected chi connectivity index (χ4v) is 1.38. The summed E-state index contributed by atoms with van der Waals surface area (Å²) in [7, 11) is 1.47. The molecule has 0 aliphatic carbocycles. The molecule has 0 radical (unpaired) electrons. The van der Waals surface area contributed by atoms with E-state index in [1.54, 1.807) is 19.1 Å². The molecule has 2 N–H and O–H groups in total.